The summed E-state index contributed by atoms with van der Waals surface area (Å²) in [5, 5.41) is 0. The Morgan fingerprint density at radius 3 is 2.00 bits per heavy atom. The van der Waals surface area contributed by atoms with Gasteiger partial charge in [0.2, 0.25) is 0 Å². The van der Waals surface area contributed by atoms with Crippen molar-refractivity contribution in [1.82, 2.24) is 0 Å². The fraction of sp³-hybridized carbons (Fsp3) is 1.00. The number of hydrogen-bond acceptors (Lipinski definition) is 0. The predicted octanol–water partition coefficient (Wildman–Crippen LogP) is 1.45. The van der Waals surface area contributed by atoms with Gasteiger partial charge >= 0.3 is 48.3 Å². The summed E-state index contributed by atoms with van der Waals surface area (Å²) >= 11 is 1.43. The third kappa shape index (κ3) is 4.87. The zero-order valence-electron chi connectivity index (χ0n) is 5.86. The molecule has 30 valence electrons. The van der Waals surface area contributed by atoms with Gasteiger partial charge in [0.05, 0.1) is 0 Å². The Morgan fingerprint density at radius 2 is 2.00 bits per heavy atom. The van der Waals surface area contributed by atoms with E-state index in [1.54, 1.807) is 0 Å². The summed E-state index contributed by atoms with van der Waals surface area (Å²) in [5.41, 5.74) is 0. The van der Waals surface area contributed by atoms with Crippen LogP contribution >= 0.6 is 0 Å². The first-order chi connectivity index (χ1) is 2.27. The van der Waals surface area contributed by atoms with Gasteiger partial charge < -0.3 is 2.85 Å². The van der Waals surface area contributed by atoms with Gasteiger partial charge in [0, 0.05) is 0 Å². The van der Waals surface area contributed by atoms with Crippen LogP contribution in [-0.4, -0.2) is 24.4 Å². The fourth-order valence-electron chi connectivity index (χ4n) is 0. The van der Waals surface area contributed by atoms with Gasteiger partial charge in [-0.3, -0.25) is 0 Å². The third-order valence-electron chi connectivity index (χ3n) is 0.471. The van der Waals surface area contributed by atoms with Gasteiger partial charge in [-0.15, -0.1) is 0 Å². The molecule has 5 heavy (non-hydrogen) atoms. The largest absolute Gasteiger partial charge is 1.00 e. The minimum absolute atomic E-state index is 0. The molecule has 0 radical (unpaired) electrons. The molecular formula is C4H11In. The minimum atomic E-state index is 0. The molecule has 0 unspecified atom stereocenters. The van der Waals surface area contributed by atoms with E-state index in [1.807, 2.05) is 0 Å². The smallest absolute Gasteiger partial charge is 1.00 e. The van der Waals surface area contributed by atoms with E-state index in [-0.39, 0.29) is 2.85 Å². The van der Waals surface area contributed by atoms with Crippen LogP contribution in [0.3, 0.4) is 0 Å². The molecule has 0 aromatic heterocycles. The second-order valence-electron chi connectivity index (χ2n) is 1.63. The Morgan fingerprint density at radius 1 is 1.80 bits per heavy atom. The van der Waals surface area contributed by atoms with E-state index in [0.717, 1.165) is 5.92 Å². The van der Waals surface area contributed by atoms with Crippen LogP contribution in [0.25, 0.3) is 0 Å². The molecule has 0 aromatic carbocycles. The van der Waals surface area contributed by atoms with Gasteiger partial charge in [-0.25, -0.2) is 0 Å². The summed E-state index contributed by atoms with van der Waals surface area (Å²) in [6.07, 6.45) is 0. The molecule has 0 aliphatic rings. The van der Waals surface area contributed by atoms with E-state index in [2.05, 4.69) is 13.8 Å². The summed E-state index contributed by atoms with van der Waals surface area (Å²) in [7, 11) is 0. The van der Waals surface area contributed by atoms with Crippen LogP contribution < -0.4 is 0 Å². The molecular weight excluding hydrogens is 163 g/mol. The SMILES string of the molecule is CC(C)[CH2][In+2].[H-].[H-]. The molecule has 0 atom stereocenters. The van der Waals surface area contributed by atoms with Crippen LogP contribution in [0, 0.1) is 5.92 Å². The van der Waals surface area contributed by atoms with Crippen LogP contribution in [0.15, 0.2) is 0 Å². The van der Waals surface area contributed by atoms with Gasteiger partial charge in [-0.2, -0.15) is 0 Å². The van der Waals surface area contributed by atoms with Crippen molar-refractivity contribution in [3.63, 3.8) is 0 Å². The Hall–Kier alpha value is 0.870. The summed E-state index contributed by atoms with van der Waals surface area (Å²) in [6, 6.07) is 0. The molecule has 0 rings (SSSR count). The van der Waals surface area contributed by atoms with E-state index in [0.29, 0.717) is 0 Å². The third-order valence-corrected chi connectivity index (χ3v) is 3.16. The zero-order valence-corrected chi connectivity index (χ0v) is 7.16. The van der Waals surface area contributed by atoms with E-state index in [4.69, 9.17) is 0 Å². The Bertz CT molecular complexity index is 23.7. The summed E-state index contributed by atoms with van der Waals surface area (Å²) < 4.78 is 1.44. The Labute approximate surface area is 51.5 Å². The van der Waals surface area contributed by atoms with Crippen molar-refractivity contribution in [2.45, 2.75) is 18.0 Å². The minimum Gasteiger partial charge on any atom is -1.00 e. The average Bonchev–Trinajstić information content (AvgIpc) is 1.38. The summed E-state index contributed by atoms with van der Waals surface area (Å²) in [6.45, 7) is 4.51. The maximum Gasteiger partial charge on any atom is -1.00 e. The van der Waals surface area contributed by atoms with Crippen molar-refractivity contribution in [1.29, 1.82) is 0 Å². The van der Waals surface area contributed by atoms with Gasteiger partial charge in [0.15, 0.2) is 0 Å². The zero-order chi connectivity index (χ0) is 4.28. The molecule has 1 heteroatoms. The van der Waals surface area contributed by atoms with Crippen LogP contribution in [0.2, 0.25) is 4.18 Å². The van der Waals surface area contributed by atoms with Gasteiger partial charge in [-0.05, 0) is 0 Å². The fourth-order valence-corrected chi connectivity index (χ4v) is 0. The van der Waals surface area contributed by atoms with Crippen LogP contribution in [0.5, 0.6) is 0 Å². The molecule has 0 heterocycles. The molecule has 0 aliphatic heterocycles. The topological polar surface area (TPSA) is 0 Å². The average molecular weight is 174 g/mol. The summed E-state index contributed by atoms with van der Waals surface area (Å²) in [5.74, 6) is 0.942. The van der Waals surface area contributed by atoms with E-state index >= 15 is 0 Å². The quantitative estimate of drug-likeness (QED) is 0.564. The molecule has 0 saturated heterocycles. The molecule has 0 amide bonds. The Kier molecular flexibility index (Phi) is 3.61. The van der Waals surface area contributed by atoms with Crippen molar-refractivity contribution >= 4 is 24.4 Å². The second-order valence-corrected chi connectivity index (χ2v) is 2.97. The number of hydrogen-bond donors (Lipinski definition) is 0. The van der Waals surface area contributed by atoms with Crippen LogP contribution in [0.4, 0.5) is 0 Å². The standard InChI is InChI=1S/C4H9.In.2H/c1-4(2)3;;;/h4H,1H2,2-3H3;;;/q;+2;2*-1. The number of rotatable bonds is 1. The van der Waals surface area contributed by atoms with Crippen molar-refractivity contribution in [2.75, 3.05) is 0 Å². The first-order valence-corrected chi connectivity index (χ1v) is 4.30. The van der Waals surface area contributed by atoms with Crippen molar-refractivity contribution in [3.05, 3.63) is 0 Å². The normalized spacial score (nSPS) is 9.80. The maximum absolute atomic E-state index is 2.25. The van der Waals surface area contributed by atoms with Crippen LogP contribution in [-0.2, 0) is 0 Å². The van der Waals surface area contributed by atoms with Gasteiger partial charge in [-0.1, -0.05) is 0 Å². The van der Waals surface area contributed by atoms with Gasteiger partial charge in [0.25, 0.3) is 0 Å². The molecule has 0 bridgehead atoms. The van der Waals surface area contributed by atoms with Crippen molar-refractivity contribution in [3.8, 4) is 0 Å². The second kappa shape index (κ2) is 3.08. The molecule has 0 aromatic rings. The van der Waals surface area contributed by atoms with E-state index < -0.39 is 0 Å². The van der Waals surface area contributed by atoms with Gasteiger partial charge in [0.1, 0.15) is 0 Å². The van der Waals surface area contributed by atoms with Crippen molar-refractivity contribution in [2.24, 2.45) is 5.92 Å². The molecule has 0 fully saturated rings. The predicted molar refractivity (Wildman–Crippen MR) is 27.6 cm³/mol. The summed E-state index contributed by atoms with van der Waals surface area (Å²) in [4.78, 5) is 0. The van der Waals surface area contributed by atoms with E-state index in [9.17, 15) is 0 Å². The molecule has 0 aliphatic carbocycles. The monoisotopic (exact) mass is 174 g/mol. The van der Waals surface area contributed by atoms with Crippen LogP contribution in [0.1, 0.15) is 16.7 Å². The Balaban J connectivity index is -0.0000000800. The molecule has 0 N–H and O–H groups in total. The van der Waals surface area contributed by atoms with Crippen molar-refractivity contribution < 1.29 is 2.85 Å². The first kappa shape index (κ1) is 5.87. The molecule has 0 nitrogen and oxygen atoms in total. The first-order valence-electron chi connectivity index (χ1n) is 1.97. The maximum atomic E-state index is 2.25. The molecule has 0 spiro atoms. The van der Waals surface area contributed by atoms with E-state index in [1.165, 1.54) is 28.6 Å². The molecule has 0 saturated carbocycles.